The van der Waals surface area contributed by atoms with Crippen LogP contribution in [0.4, 0.5) is 5.69 Å². The van der Waals surface area contributed by atoms with Gasteiger partial charge in [0.15, 0.2) is 0 Å². The van der Waals surface area contributed by atoms with E-state index in [1.54, 1.807) is 6.07 Å². The maximum absolute atomic E-state index is 11.3. The van der Waals surface area contributed by atoms with Gasteiger partial charge < -0.3 is 5.32 Å². The van der Waals surface area contributed by atoms with E-state index in [1.165, 1.54) is 17.7 Å². The number of primary sulfonamides is 1. The van der Waals surface area contributed by atoms with Crippen molar-refractivity contribution < 1.29 is 8.42 Å². The molecule has 0 atom stereocenters. The molecular weight excluding hydrogens is 352 g/mol. The van der Waals surface area contributed by atoms with Gasteiger partial charge in [0.05, 0.1) is 4.90 Å². The molecular formula is C15H17BrN2O2S. The van der Waals surface area contributed by atoms with Gasteiger partial charge in [-0.25, -0.2) is 13.6 Å². The van der Waals surface area contributed by atoms with Crippen molar-refractivity contribution in [1.82, 2.24) is 0 Å². The summed E-state index contributed by atoms with van der Waals surface area (Å²) in [5.41, 5.74) is 3.29. The topological polar surface area (TPSA) is 72.2 Å². The first-order chi connectivity index (χ1) is 9.90. The Hall–Kier alpha value is -1.37. The summed E-state index contributed by atoms with van der Waals surface area (Å²) >= 11 is 3.35. The van der Waals surface area contributed by atoms with Gasteiger partial charge in [0.2, 0.25) is 10.0 Å². The van der Waals surface area contributed by atoms with Gasteiger partial charge in [-0.3, -0.25) is 0 Å². The molecule has 3 N–H and O–H groups in total. The minimum Gasteiger partial charge on any atom is -0.380 e. The fraction of sp³-hybridized carbons (Fsp3) is 0.200. The number of rotatable bonds is 5. The third kappa shape index (κ3) is 4.30. The lowest BCUT2D eigenvalue weighted by atomic mass is 10.1. The third-order valence-electron chi connectivity index (χ3n) is 3.18. The Kier molecular flexibility index (Phi) is 5.03. The molecule has 0 aliphatic rings. The van der Waals surface area contributed by atoms with Gasteiger partial charge in [0, 0.05) is 16.7 Å². The number of hydrogen-bond donors (Lipinski definition) is 2. The summed E-state index contributed by atoms with van der Waals surface area (Å²) in [5, 5.41) is 8.36. The molecule has 0 aliphatic carbocycles. The highest BCUT2D eigenvalue weighted by molar-refractivity contribution is 9.10. The van der Waals surface area contributed by atoms with Gasteiger partial charge in [-0.1, -0.05) is 31.2 Å². The smallest absolute Gasteiger partial charge is 0.238 e. The summed E-state index contributed by atoms with van der Waals surface area (Å²) in [6.45, 7) is 2.79. The molecule has 21 heavy (non-hydrogen) atoms. The van der Waals surface area contributed by atoms with E-state index in [0.717, 1.165) is 17.7 Å². The number of anilines is 1. The van der Waals surface area contributed by atoms with E-state index < -0.39 is 10.0 Å². The van der Waals surface area contributed by atoms with Crippen LogP contribution in [0.25, 0.3) is 0 Å². The van der Waals surface area contributed by atoms with Crippen LogP contribution in [0.1, 0.15) is 18.1 Å². The molecule has 2 rings (SSSR count). The largest absolute Gasteiger partial charge is 0.380 e. The minimum atomic E-state index is -3.67. The van der Waals surface area contributed by atoms with Crippen LogP contribution >= 0.6 is 15.9 Å². The van der Waals surface area contributed by atoms with E-state index in [9.17, 15) is 8.42 Å². The van der Waals surface area contributed by atoms with Crippen molar-refractivity contribution in [1.29, 1.82) is 0 Å². The Bertz CT molecular complexity index is 728. The molecule has 2 aromatic carbocycles. The summed E-state index contributed by atoms with van der Waals surface area (Å²) in [6.07, 6.45) is 1.02. The van der Waals surface area contributed by atoms with Crippen LogP contribution in [0, 0.1) is 0 Å². The average Bonchev–Trinajstić information content (AvgIpc) is 2.45. The number of nitrogens with one attached hydrogen (secondary N) is 1. The van der Waals surface area contributed by atoms with E-state index in [-0.39, 0.29) is 4.90 Å². The molecule has 0 saturated heterocycles. The van der Waals surface area contributed by atoms with Crippen LogP contribution < -0.4 is 10.5 Å². The van der Waals surface area contributed by atoms with Crippen molar-refractivity contribution in [2.75, 3.05) is 5.32 Å². The molecule has 4 nitrogen and oxygen atoms in total. The molecule has 0 aliphatic heterocycles. The summed E-state index contributed by atoms with van der Waals surface area (Å²) in [7, 11) is -3.67. The Morgan fingerprint density at radius 3 is 2.24 bits per heavy atom. The van der Waals surface area contributed by atoms with Crippen LogP contribution in [0.3, 0.4) is 0 Å². The normalized spacial score (nSPS) is 11.4. The Balaban J connectivity index is 2.09. The number of aryl methyl sites for hydroxylation is 1. The van der Waals surface area contributed by atoms with Crippen LogP contribution in [0.5, 0.6) is 0 Å². The van der Waals surface area contributed by atoms with E-state index >= 15 is 0 Å². The number of nitrogens with two attached hydrogens (primary N) is 1. The van der Waals surface area contributed by atoms with Crippen LogP contribution in [0.15, 0.2) is 51.8 Å². The van der Waals surface area contributed by atoms with Gasteiger partial charge in [-0.05, 0) is 51.7 Å². The lowest BCUT2D eigenvalue weighted by Crippen LogP contribution is -2.12. The van der Waals surface area contributed by atoms with Crippen LogP contribution in [-0.4, -0.2) is 8.42 Å². The molecule has 0 aromatic heterocycles. The molecule has 0 saturated carbocycles. The van der Waals surface area contributed by atoms with Crippen molar-refractivity contribution in [2.45, 2.75) is 24.8 Å². The van der Waals surface area contributed by atoms with Gasteiger partial charge >= 0.3 is 0 Å². The van der Waals surface area contributed by atoms with Gasteiger partial charge in [-0.15, -0.1) is 0 Å². The highest BCUT2D eigenvalue weighted by Gasteiger charge is 2.10. The van der Waals surface area contributed by atoms with Gasteiger partial charge in [-0.2, -0.15) is 0 Å². The minimum absolute atomic E-state index is 0.0900. The second-order valence-electron chi connectivity index (χ2n) is 4.71. The molecule has 0 unspecified atom stereocenters. The fourth-order valence-electron chi connectivity index (χ4n) is 1.91. The van der Waals surface area contributed by atoms with E-state index in [0.29, 0.717) is 11.0 Å². The Morgan fingerprint density at radius 1 is 1.10 bits per heavy atom. The van der Waals surface area contributed by atoms with E-state index in [1.807, 2.05) is 0 Å². The lowest BCUT2D eigenvalue weighted by molar-refractivity contribution is 0.598. The predicted octanol–water partition coefficient (Wildman–Crippen LogP) is 3.27. The first-order valence-electron chi connectivity index (χ1n) is 6.54. The maximum atomic E-state index is 11.3. The standard InChI is InChI=1S/C15H17BrN2O2S/c1-2-11-3-5-12(6-4-11)10-18-15-8-7-13(9-14(15)16)21(17,19)20/h3-9,18H,2,10H2,1H3,(H2,17,19,20). The molecule has 2 aromatic rings. The first-order valence-corrected chi connectivity index (χ1v) is 8.88. The Labute approximate surface area is 133 Å². The highest BCUT2D eigenvalue weighted by atomic mass is 79.9. The zero-order valence-corrected chi connectivity index (χ0v) is 14.0. The van der Waals surface area contributed by atoms with Crippen LogP contribution in [-0.2, 0) is 23.0 Å². The average molecular weight is 369 g/mol. The van der Waals surface area contributed by atoms with Crippen molar-refractivity contribution in [3.05, 3.63) is 58.1 Å². The van der Waals surface area contributed by atoms with Crippen LogP contribution in [0.2, 0.25) is 0 Å². The summed E-state index contributed by atoms with van der Waals surface area (Å²) in [6, 6.07) is 13.1. The molecule has 6 heteroatoms. The molecule has 112 valence electrons. The number of sulfonamides is 1. The molecule has 0 bridgehead atoms. The quantitative estimate of drug-likeness (QED) is 0.850. The molecule has 0 radical (unpaired) electrons. The SMILES string of the molecule is CCc1ccc(CNc2ccc(S(N)(=O)=O)cc2Br)cc1. The summed E-state index contributed by atoms with van der Waals surface area (Å²) in [5.74, 6) is 0. The predicted molar refractivity (Wildman–Crippen MR) is 88.7 cm³/mol. The van der Waals surface area contributed by atoms with E-state index in [4.69, 9.17) is 5.14 Å². The van der Waals surface area contributed by atoms with Gasteiger partial charge in [0.25, 0.3) is 0 Å². The second kappa shape index (κ2) is 6.60. The van der Waals surface area contributed by atoms with Crippen molar-refractivity contribution >= 4 is 31.6 Å². The van der Waals surface area contributed by atoms with Crippen molar-refractivity contribution in [2.24, 2.45) is 5.14 Å². The second-order valence-corrected chi connectivity index (χ2v) is 7.13. The summed E-state index contributed by atoms with van der Waals surface area (Å²) < 4.78 is 23.2. The fourth-order valence-corrected chi connectivity index (χ4v) is 3.12. The number of halogens is 1. The third-order valence-corrected chi connectivity index (χ3v) is 4.75. The van der Waals surface area contributed by atoms with E-state index in [2.05, 4.69) is 52.4 Å². The number of hydrogen-bond acceptors (Lipinski definition) is 3. The summed E-state index contributed by atoms with van der Waals surface area (Å²) in [4.78, 5) is 0.0900. The molecule has 0 spiro atoms. The highest BCUT2D eigenvalue weighted by Crippen LogP contribution is 2.25. The van der Waals surface area contributed by atoms with Crippen molar-refractivity contribution in [3.8, 4) is 0 Å². The number of benzene rings is 2. The molecule has 0 amide bonds. The first kappa shape index (κ1) is 16.0. The zero-order valence-electron chi connectivity index (χ0n) is 11.6. The van der Waals surface area contributed by atoms with Crippen molar-refractivity contribution in [3.63, 3.8) is 0 Å². The monoisotopic (exact) mass is 368 g/mol. The van der Waals surface area contributed by atoms with Gasteiger partial charge in [0.1, 0.15) is 0 Å². The maximum Gasteiger partial charge on any atom is 0.238 e. The molecule has 0 fully saturated rings. The zero-order chi connectivity index (χ0) is 15.5. The molecule has 0 heterocycles. The Morgan fingerprint density at radius 2 is 1.71 bits per heavy atom. The lowest BCUT2D eigenvalue weighted by Gasteiger charge is -2.10.